The van der Waals surface area contributed by atoms with E-state index in [1.54, 1.807) is 0 Å². The third kappa shape index (κ3) is 3.83. The fraction of sp³-hybridized carbons (Fsp3) is 0.692. The Kier molecular flexibility index (Phi) is 4.80. The molecule has 0 saturated heterocycles. The summed E-state index contributed by atoms with van der Waals surface area (Å²) >= 11 is 3.42. The zero-order chi connectivity index (χ0) is 13.0. The summed E-state index contributed by atoms with van der Waals surface area (Å²) in [6.07, 6.45) is 8.50. The van der Waals surface area contributed by atoms with Crippen LogP contribution in [0.5, 0.6) is 0 Å². The zero-order valence-corrected chi connectivity index (χ0v) is 12.4. The topological polar surface area (TPSA) is 46.9 Å². The minimum atomic E-state index is 0.145. The highest BCUT2D eigenvalue weighted by Gasteiger charge is 2.15. The van der Waals surface area contributed by atoms with Crippen LogP contribution in [-0.4, -0.2) is 21.7 Å². The van der Waals surface area contributed by atoms with Crippen molar-refractivity contribution in [1.82, 2.24) is 15.1 Å². The molecule has 5 heteroatoms. The van der Waals surface area contributed by atoms with Gasteiger partial charge in [-0.3, -0.25) is 9.48 Å². The van der Waals surface area contributed by atoms with E-state index in [-0.39, 0.29) is 5.91 Å². The van der Waals surface area contributed by atoms with Gasteiger partial charge in [0.25, 0.3) is 0 Å². The van der Waals surface area contributed by atoms with Crippen LogP contribution in [0.4, 0.5) is 0 Å². The number of nitrogens with zero attached hydrogens (tertiary/aromatic N) is 2. The number of carbonyl (C=O) groups is 1. The van der Waals surface area contributed by atoms with Crippen molar-refractivity contribution in [3.63, 3.8) is 0 Å². The SMILES string of the molecule is Cc1nn(CCC(=O)NC2CCCCC2)cc1Br. The number of aryl methyl sites for hydroxylation is 2. The van der Waals surface area contributed by atoms with Crippen LogP contribution < -0.4 is 5.32 Å². The van der Waals surface area contributed by atoms with E-state index >= 15 is 0 Å². The highest BCUT2D eigenvalue weighted by molar-refractivity contribution is 9.10. The molecule has 0 aliphatic heterocycles. The van der Waals surface area contributed by atoms with Crippen LogP contribution in [-0.2, 0) is 11.3 Å². The van der Waals surface area contributed by atoms with Gasteiger partial charge in [0.2, 0.25) is 5.91 Å². The van der Waals surface area contributed by atoms with Gasteiger partial charge in [-0.2, -0.15) is 5.10 Å². The first kappa shape index (κ1) is 13.6. The van der Waals surface area contributed by atoms with Crippen LogP contribution in [0.3, 0.4) is 0 Å². The maximum absolute atomic E-state index is 11.8. The van der Waals surface area contributed by atoms with E-state index in [9.17, 15) is 4.79 Å². The van der Waals surface area contributed by atoms with Crippen molar-refractivity contribution in [2.24, 2.45) is 0 Å². The molecule has 1 N–H and O–H groups in total. The molecule has 0 bridgehead atoms. The molecule has 1 aromatic heterocycles. The van der Waals surface area contributed by atoms with E-state index in [1.165, 1.54) is 19.3 Å². The second-order valence-corrected chi connectivity index (χ2v) is 5.83. The molecular formula is C13H20BrN3O. The summed E-state index contributed by atoms with van der Waals surface area (Å²) in [6.45, 7) is 2.59. The molecule has 0 unspecified atom stereocenters. The van der Waals surface area contributed by atoms with Crippen molar-refractivity contribution in [3.05, 3.63) is 16.4 Å². The monoisotopic (exact) mass is 313 g/mol. The summed E-state index contributed by atoms with van der Waals surface area (Å²) in [5, 5.41) is 7.44. The quantitative estimate of drug-likeness (QED) is 0.929. The fourth-order valence-corrected chi connectivity index (χ4v) is 2.69. The number of rotatable bonds is 4. The van der Waals surface area contributed by atoms with E-state index in [0.29, 0.717) is 19.0 Å². The van der Waals surface area contributed by atoms with Crippen LogP contribution in [0.25, 0.3) is 0 Å². The Labute approximate surface area is 116 Å². The molecule has 1 aromatic rings. The van der Waals surface area contributed by atoms with Crippen molar-refractivity contribution in [2.75, 3.05) is 0 Å². The van der Waals surface area contributed by atoms with E-state index in [2.05, 4.69) is 26.3 Å². The zero-order valence-electron chi connectivity index (χ0n) is 10.8. The van der Waals surface area contributed by atoms with Gasteiger partial charge in [-0.1, -0.05) is 19.3 Å². The Morgan fingerprint density at radius 1 is 1.50 bits per heavy atom. The lowest BCUT2D eigenvalue weighted by Crippen LogP contribution is -2.36. The van der Waals surface area contributed by atoms with Crippen molar-refractivity contribution in [3.8, 4) is 0 Å². The second kappa shape index (κ2) is 6.36. The summed E-state index contributed by atoms with van der Waals surface area (Å²) in [5.74, 6) is 0.145. The molecular weight excluding hydrogens is 294 g/mol. The number of halogens is 1. The van der Waals surface area contributed by atoms with Gasteiger partial charge >= 0.3 is 0 Å². The van der Waals surface area contributed by atoms with Crippen LogP contribution in [0.15, 0.2) is 10.7 Å². The van der Waals surface area contributed by atoms with E-state index in [4.69, 9.17) is 0 Å². The Bertz CT molecular complexity index is 391. The Balaban J connectivity index is 1.74. The lowest BCUT2D eigenvalue weighted by Gasteiger charge is -2.22. The number of amides is 1. The molecule has 2 rings (SSSR count). The largest absolute Gasteiger partial charge is 0.353 e. The number of aromatic nitrogens is 2. The number of carbonyl (C=O) groups excluding carboxylic acids is 1. The first-order valence-corrected chi connectivity index (χ1v) is 7.43. The normalized spacial score (nSPS) is 16.8. The van der Waals surface area contributed by atoms with Gasteiger partial charge in [-0.05, 0) is 35.7 Å². The standard InChI is InChI=1S/C13H20BrN3O/c1-10-12(14)9-17(16-10)8-7-13(18)15-11-5-3-2-4-6-11/h9,11H,2-8H2,1H3,(H,15,18). The molecule has 1 aliphatic rings. The van der Waals surface area contributed by atoms with Crippen LogP contribution in [0.1, 0.15) is 44.2 Å². The first-order chi connectivity index (χ1) is 8.65. The second-order valence-electron chi connectivity index (χ2n) is 4.98. The van der Waals surface area contributed by atoms with E-state index in [0.717, 1.165) is 23.0 Å². The van der Waals surface area contributed by atoms with Crippen molar-refractivity contribution in [1.29, 1.82) is 0 Å². The number of nitrogens with one attached hydrogen (secondary N) is 1. The average molecular weight is 314 g/mol. The Morgan fingerprint density at radius 3 is 2.83 bits per heavy atom. The van der Waals surface area contributed by atoms with Gasteiger partial charge < -0.3 is 5.32 Å². The summed E-state index contributed by atoms with van der Waals surface area (Å²) in [4.78, 5) is 11.8. The smallest absolute Gasteiger partial charge is 0.222 e. The van der Waals surface area contributed by atoms with Gasteiger partial charge in [0, 0.05) is 25.2 Å². The average Bonchev–Trinajstić information content (AvgIpc) is 2.68. The van der Waals surface area contributed by atoms with Crippen molar-refractivity contribution >= 4 is 21.8 Å². The van der Waals surface area contributed by atoms with Gasteiger partial charge in [-0.15, -0.1) is 0 Å². The Morgan fingerprint density at radius 2 is 2.22 bits per heavy atom. The highest BCUT2D eigenvalue weighted by atomic mass is 79.9. The molecule has 0 spiro atoms. The minimum absolute atomic E-state index is 0.145. The number of hydrogen-bond donors (Lipinski definition) is 1. The molecule has 0 atom stereocenters. The van der Waals surface area contributed by atoms with Gasteiger partial charge in [-0.25, -0.2) is 0 Å². The molecule has 0 radical (unpaired) electrons. The molecule has 1 aliphatic carbocycles. The first-order valence-electron chi connectivity index (χ1n) is 6.64. The predicted molar refractivity (Wildman–Crippen MR) is 74.3 cm³/mol. The maximum atomic E-state index is 11.8. The van der Waals surface area contributed by atoms with Crippen molar-refractivity contribution < 1.29 is 4.79 Å². The molecule has 100 valence electrons. The van der Waals surface area contributed by atoms with Crippen LogP contribution in [0.2, 0.25) is 0 Å². The molecule has 1 heterocycles. The molecule has 1 fully saturated rings. The molecule has 18 heavy (non-hydrogen) atoms. The number of hydrogen-bond acceptors (Lipinski definition) is 2. The molecule has 1 amide bonds. The van der Waals surface area contributed by atoms with Crippen LogP contribution >= 0.6 is 15.9 Å². The molecule has 0 aromatic carbocycles. The highest BCUT2D eigenvalue weighted by Crippen LogP contribution is 2.17. The van der Waals surface area contributed by atoms with E-state index in [1.807, 2.05) is 17.8 Å². The van der Waals surface area contributed by atoms with Crippen LogP contribution in [0, 0.1) is 6.92 Å². The Hall–Kier alpha value is -0.840. The summed E-state index contributed by atoms with van der Waals surface area (Å²) in [7, 11) is 0. The van der Waals surface area contributed by atoms with Crippen molar-refractivity contribution in [2.45, 2.75) is 58.0 Å². The molecule has 4 nitrogen and oxygen atoms in total. The third-order valence-electron chi connectivity index (χ3n) is 3.42. The maximum Gasteiger partial charge on any atom is 0.222 e. The third-order valence-corrected chi connectivity index (χ3v) is 4.20. The summed E-state index contributed by atoms with van der Waals surface area (Å²) in [5.41, 5.74) is 0.961. The van der Waals surface area contributed by atoms with Gasteiger partial charge in [0.15, 0.2) is 0 Å². The lowest BCUT2D eigenvalue weighted by atomic mass is 9.95. The summed E-state index contributed by atoms with van der Waals surface area (Å²) in [6, 6.07) is 0.400. The fourth-order valence-electron chi connectivity index (χ4n) is 2.37. The van der Waals surface area contributed by atoms with Gasteiger partial charge in [0.05, 0.1) is 10.2 Å². The van der Waals surface area contributed by atoms with Gasteiger partial charge in [0.1, 0.15) is 0 Å². The summed E-state index contributed by atoms with van der Waals surface area (Å²) < 4.78 is 2.81. The minimum Gasteiger partial charge on any atom is -0.353 e. The predicted octanol–water partition coefficient (Wildman–Crippen LogP) is 2.79. The molecule has 1 saturated carbocycles. The lowest BCUT2D eigenvalue weighted by molar-refractivity contribution is -0.122. The van der Waals surface area contributed by atoms with E-state index < -0.39 is 0 Å².